The van der Waals surface area contributed by atoms with Crippen LogP contribution >= 0.6 is 15.9 Å². The van der Waals surface area contributed by atoms with Crippen LogP contribution in [0.5, 0.6) is 5.75 Å². The van der Waals surface area contributed by atoms with Crippen LogP contribution in [0.3, 0.4) is 0 Å². The van der Waals surface area contributed by atoms with Gasteiger partial charge in [0.25, 0.3) is 0 Å². The van der Waals surface area contributed by atoms with Gasteiger partial charge in [-0.3, -0.25) is 0 Å². The topological polar surface area (TPSA) is 9.23 Å². The van der Waals surface area contributed by atoms with E-state index in [9.17, 15) is 4.39 Å². The number of methoxy groups -OCH3 is 1. The second-order valence-corrected chi connectivity index (χ2v) is 5.55. The molecular formula is C14H18BrFO. The summed E-state index contributed by atoms with van der Waals surface area (Å²) in [5.74, 6) is 0.0702. The second-order valence-electron chi connectivity index (χ2n) is 4.99. The van der Waals surface area contributed by atoms with Crippen molar-refractivity contribution >= 4 is 15.9 Å². The van der Waals surface area contributed by atoms with Gasteiger partial charge in [0, 0.05) is 5.33 Å². The lowest BCUT2D eigenvalue weighted by molar-refractivity contribution is 0.344. The van der Waals surface area contributed by atoms with Gasteiger partial charge < -0.3 is 4.74 Å². The molecule has 94 valence electrons. The third-order valence-electron chi connectivity index (χ3n) is 3.74. The Morgan fingerprint density at radius 1 is 1.35 bits per heavy atom. The van der Waals surface area contributed by atoms with Gasteiger partial charge in [0.05, 0.1) is 7.11 Å². The van der Waals surface area contributed by atoms with Crippen molar-refractivity contribution in [2.45, 2.75) is 32.1 Å². The van der Waals surface area contributed by atoms with Gasteiger partial charge in [-0.2, -0.15) is 0 Å². The van der Waals surface area contributed by atoms with E-state index >= 15 is 0 Å². The summed E-state index contributed by atoms with van der Waals surface area (Å²) in [6.07, 6.45) is 6.03. The van der Waals surface area contributed by atoms with Crippen LogP contribution in [-0.2, 0) is 6.42 Å². The van der Waals surface area contributed by atoms with Crippen molar-refractivity contribution in [2.75, 3.05) is 12.4 Å². The van der Waals surface area contributed by atoms with Crippen LogP contribution in [0.1, 0.15) is 31.2 Å². The Kier molecular flexibility index (Phi) is 4.08. The van der Waals surface area contributed by atoms with Gasteiger partial charge in [0.2, 0.25) is 0 Å². The first kappa shape index (κ1) is 12.9. The average molecular weight is 301 g/mol. The van der Waals surface area contributed by atoms with E-state index in [1.807, 2.05) is 6.07 Å². The molecule has 0 atom stereocenters. The van der Waals surface area contributed by atoms with Crippen molar-refractivity contribution in [3.63, 3.8) is 0 Å². The van der Waals surface area contributed by atoms with E-state index in [0.717, 1.165) is 17.3 Å². The molecule has 17 heavy (non-hydrogen) atoms. The smallest absolute Gasteiger partial charge is 0.165 e. The van der Waals surface area contributed by atoms with Crippen molar-refractivity contribution in [3.05, 3.63) is 29.6 Å². The normalized spacial score (nSPS) is 18.3. The third-order valence-corrected chi connectivity index (χ3v) is 4.93. The minimum absolute atomic E-state index is 0.257. The summed E-state index contributed by atoms with van der Waals surface area (Å²) in [6.45, 7) is 0. The molecule has 0 spiro atoms. The molecule has 1 aliphatic carbocycles. The zero-order valence-electron chi connectivity index (χ0n) is 10.1. The van der Waals surface area contributed by atoms with Crippen LogP contribution in [0, 0.1) is 11.2 Å². The van der Waals surface area contributed by atoms with Gasteiger partial charge in [-0.1, -0.05) is 34.8 Å². The van der Waals surface area contributed by atoms with E-state index in [4.69, 9.17) is 4.74 Å². The maximum atomic E-state index is 13.6. The van der Waals surface area contributed by atoms with Gasteiger partial charge >= 0.3 is 0 Å². The second kappa shape index (κ2) is 5.38. The van der Waals surface area contributed by atoms with Crippen LogP contribution < -0.4 is 4.74 Å². The van der Waals surface area contributed by atoms with E-state index < -0.39 is 0 Å². The van der Waals surface area contributed by atoms with E-state index in [1.165, 1.54) is 32.8 Å². The zero-order valence-corrected chi connectivity index (χ0v) is 11.7. The fourth-order valence-electron chi connectivity index (χ4n) is 2.74. The van der Waals surface area contributed by atoms with Crippen molar-refractivity contribution < 1.29 is 9.13 Å². The summed E-state index contributed by atoms with van der Waals surface area (Å²) in [4.78, 5) is 0. The Balaban J connectivity index is 2.15. The fourth-order valence-corrected chi connectivity index (χ4v) is 3.49. The zero-order chi connectivity index (χ0) is 12.3. The van der Waals surface area contributed by atoms with Crippen LogP contribution in [0.25, 0.3) is 0 Å². The first-order chi connectivity index (χ1) is 8.19. The summed E-state index contributed by atoms with van der Waals surface area (Å²) in [5, 5.41) is 1.01. The Morgan fingerprint density at radius 3 is 2.59 bits per heavy atom. The Hall–Kier alpha value is -0.570. The molecule has 0 radical (unpaired) electrons. The highest BCUT2D eigenvalue weighted by molar-refractivity contribution is 9.09. The molecule has 0 saturated heterocycles. The van der Waals surface area contributed by atoms with Crippen LogP contribution in [0.15, 0.2) is 18.2 Å². The molecule has 0 aliphatic heterocycles. The van der Waals surface area contributed by atoms with Crippen molar-refractivity contribution in [3.8, 4) is 5.75 Å². The fraction of sp³-hybridized carbons (Fsp3) is 0.571. The van der Waals surface area contributed by atoms with Gasteiger partial charge in [0.1, 0.15) is 0 Å². The van der Waals surface area contributed by atoms with Crippen LogP contribution in [0.4, 0.5) is 4.39 Å². The Bertz CT molecular complexity index is 386. The van der Waals surface area contributed by atoms with Crippen molar-refractivity contribution in [1.82, 2.24) is 0 Å². The number of hydrogen-bond donors (Lipinski definition) is 0. The lowest BCUT2D eigenvalue weighted by Crippen LogP contribution is -2.21. The van der Waals surface area contributed by atoms with Crippen LogP contribution in [-0.4, -0.2) is 12.4 Å². The average Bonchev–Trinajstić information content (AvgIpc) is 2.79. The van der Waals surface area contributed by atoms with E-state index in [-0.39, 0.29) is 5.82 Å². The molecule has 1 saturated carbocycles. The number of ether oxygens (including phenoxy) is 1. The minimum atomic E-state index is -0.257. The highest BCUT2D eigenvalue weighted by atomic mass is 79.9. The van der Waals surface area contributed by atoms with E-state index in [2.05, 4.69) is 15.9 Å². The predicted octanol–water partition coefficient (Wildman–Crippen LogP) is 4.33. The number of alkyl halides is 1. The molecule has 1 aromatic carbocycles. The van der Waals surface area contributed by atoms with Gasteiger partial charge in [-0.05, 0) is 42.4 Å². The summed E-state index contributed by atoms with van der Waals surface area (Å²) in [7, 11) is 1.50. The molecule has 0 heterocycles. The van der Waals surface area contributed by atoms with Crippen molar-refractivity contribution in [1.29, 1.82) is 0 Å². The highest BCUT2D eigenvalue weighted by Crippen LogP contribution is 2.42. The molecule has 0 unspecified atom stereocenters. The van der Waals surface area contributed by atoms with Gasteiger partial charge in [-0.25, -0.2) is 4.39 Å². The van der Waals surface area contributed by atoms with Gasteiger partial charge in [-0.15, -0.1) is 0 Å². The molecule has 1 aromatic rings. The van der Waals surface area contributed by atoms with Gasteiger partial charge in [0.15, 0.2) is 11.6 Å². The molecule has 1 fully saturated rings. The monoisotopic (exact) mass is 300 g/mol. The van der Waals surface area contributed by atoms with Crippen molar-refractivity contribution in [2.24, 2.45) is 5.41 Å². The summed E-state index contributed by atoms with van der Waals surface area (Å²) in [5.41, 5.74) is 1.41. The quantitative estimate of drug-likeness (QED) is 0.752. The molecule has 0 aromatic heterocycles. The molecular weight excluding hydrogens is 283 g/mol. The summed E-state index contributed by atoms with van der Waals surface area (Å²) < 4.78 is 18.6. The SMILES string of the molecule is COc1ccc(CC2(CBr)CCCC2)cc1F. The third kappa shape index (κ3) is 2.82. The molecule has 1 aliphatic rings. The lowest BCUT2D eigenvalue weighted by Gasteiger charge is -2.26. The lowest BCUT2D eigenvalue weighted by atomic mass is 9.82. The molecule has 1 nitrogen and oxygen atoms in total. The minimum Gasteiger partial charge on any atom is -0.494 e. The van der Waals surface area contributed by atoms with E-state index in [1.54, 1.807) is 12.1 Å². The molecule has 3 heteroatoms. The first-order valence-corrected chi connectivity index (χ1v) is 7.20. The molecule has 0 bridgehead atoms. The maximum Gasteiger partial charge on any atom is 0.165 e. The van der Waals surface area contributed by atoms with E-state index in [0.29, 0.717) is 11.2 Å². The predicted molar refractivity (Wildman–Crippen MR) is 71.4 cm³/mol. The molecule has 2 rings (SSSR count). The number of benzene rings is 1. The Labute approximate surface area is 110 Å². The standard InChI is InChI=1S/C14H18BrFO/c1-17-13-5-4-11(8-12(13)16)9-14(10-15)6-2-3-7-14/h4-5,8H,2-3,6-7,9-10H2,1H3. The largest absolute Gasteiger partial charge is 0.494 e. The van der Waals surface area contributed by atoms with Crippen LogP contribution in [0.2, 0.25) is 0 Å². The summed E-state index contributed by atoms with van der Waals surface area (Å²) in [6, 6.07) is 5.31. The maximum absolute atomic E-state index is 13.6. The number of hydrogen-bond acceptors (Lipinski definition) is 1. The first-order valence-electron chi connectivity index (χ1n) is 6.07. The summed E-state index contributed by atoms with van der Waals surface area (Å²) >= 11 is 3.62. The highest BCUT2D eigenvalue weighted by Gasteiger charge is 2.32. The Morgan fingerprint density at radius 2 is 2.06 bits per heavy atom. The molecule has 0 N–H and O–H groups in total. The number of rotatable bonds is 4. The number of halogens is 2. The molecule has 0 amide bonds.